The van der Waals surface area contributed by atoms with Gasteiger partial charge in [-0.15, -0.1) is 0 Å². The lowest BCUT2D eigenvalue weighted by Crippen LogP contribution is -1.95. The summed E-state index contributed by atoms with van der Waals surface area (Å²) in [5.74, 6) is 0. The first kappa shape index (κ1) is 7.09. The van der Waals surface area contributed by atoms with E-state index in [0.29, 0.717) is 6.54 Å². The van der Waals surface area contributed by atoms with Gasteiger partial charge in [-0.25, -0.2) is 0 Å². The molecule has 0 aliphatic carbocycles. The molecule has 1 rings (SSSR count). The molecule has 0 aromatic heterocycles. The standard InChI is InChI=1S/C8H11N2/c1-10-8-4-2-7(6-9)3-5-8/h2-5,10H,1,6,9H2. The molecular formula is C8H11N2. The van der Waals surface area contributed by atoms with Crippen LogP contribution in [0.1, 0.15) is 5.56 Å². The molecule has 2 nitrogen and oxygen atoms in total. The van der Waals surface area contributed by atoms with Gasteiger partial charge in [-0.2, -0.15) is 0 Å². The van der Waals surface area contributed by atoms with Crippen molar-refractivity contribution in [3.8, 4) is 0 Å². The van der Waals surface area contributed by atoms with Crippen LogP contribution >= 0.6 is 0 Å². The molecule has 53 valence electrons. The predicted octanol–water partition coefficient (Wildman–Crippen LogP) is 1.35. The van der Waals surface area contributed by atoms with Crippen LogP contribution in [-0.2, 0) is 6.54 Å². The summed E-state index contributed by atoms with van der Waals surface area (Å²) >= 11 is 0. The van der Waals surface area contributed by atoms with Crippen molar-refractivity contribution in [2.45, 2.75) is 6.54 Å². The van der Waals surface area contributed by atoms with Gasteiger partial charge in [0.05, 0.1) is 0 Å². The molecule has 3 N–H and O–H groups in total. The largest absolute Gasteiger partial charge is 0.383 e. The molecule has 1 aromatic rings. The normalized spacial score (nSPS) is 9.40. The number of anilines is 1. The number of benzene rings is 1. The Balaban J connectivity index is 2.80. The predicted molar refractivity (Wildman–Crippen MR) is 43.3 cm³/mol. The fourth-order valence-corrected chi connectivity index (χ4v) is 0.759. The number of nitrogens with one attached hydrogen (secondary N) is 1. The quantitative estimate of drug-likeness (QED) is 0.642. The average molecular weight is 135 g/mol. The van der Waals surface area contributed by atoms with Crippen LogP contribution in [-0.4, -0.2) is 0 Å². The van der Waals surface area contributed by atoms with E-state index >= 15 is 0 Å². The average Bonchev–Trinajstić information content (AvgIpc) is 2.05. The van der Waals surface area contributed by atoms with E-state index in [1.54, 1.807) is 0 Å². The molecule has 0 heterocycles. The van der Waals surface area contributed by atoms with Crippen molar-refractivity contribution >= 4 is 5.69 Å². The highest BCUT2D eigenvalue weighted by Crippen LogP contribution is 2.07. The van der Waals surface area contributed by atoms with Crippen LogP contribution in [0, 0.1) is 7.05 Å². The van der Waals surface area contributed by atoms with E-state index in [-0.39, 0.29) is 0 Å². The lowest BCUT2D eigenvalue weighted by molar-refractivity contribution is 1.07. The van der Waals surface area contributed by atoms with Gasteiger partial charge in [0.2, 0.25) is 0 Å². The summed E-state index contributed by atoms with van der Waals surface area (Å²) in [6.07, 6.45) is 0. The Morgan fingerprint density at radius 2 is 1.90 bits per heavy atom. The second kappa shape index (κ2) is 3.22. The van der Waals surface area contributed by atoms with Gasteiger partial charge in [0, 0.05) is 19.3 Å². The molecular weight excluding hydrogens is 124 g/mol. The first-order chi connectivity index (χ1) is 4.86. The zero-order valence-corrected chi connectivity index (χ0v) is 5.80. The van der Waals surface area contributed by atoms with Gasteiger partial charge in [0.15, 0.2) is 0 Å². The summed E-state index contributed by atoms with van der Waals surface area (Å²) in [7, 11) is 3.53. The Morgan fingerprint density at radius 1 is 1.30 bits per heavy atom. The van der Waals surface area contributed by atoms with Crippen LogP contribution in [0.15, 0.2) is 24.3 Å². The van der Waals surface area contributed by atoms with E-state index in [1.807, 2.05) is 24.3 Å². The maximum atomic E-state index is 5.41. The molecule has 0 saturated carbocycles. The molecule has 0 fully saturated rings. The molecule has 0 saturated heterocycles. The van der Waals surface area contributed by atoms with E-state index in [9.17, 15) is 0 Å². The maximum Gasteiger partial charge on any atom is 0.0340 e. The Labute approximate surface area is 61.1 Å². The van der Waals surface area contributed by atoms with Gasteiger partial charge < -0.3 is 11.1 Å². The van der Waals surface area contributed by atoms with Crippen molar-refractivity contribution in [1.29, 1.82) is 0 Å². The fraction of sp³-hybridized carbons (Fsp3) is 0.125. The van der Waals surface area contributed by atoms with E-state index < -0.39 is 0 Å². The van der Waals surface area contributed by atoms with Crippen LogP contribution < -0.4 is 11.1 Å². The van der Waals surface area contributed by atoms with E-state index in [2.05, 4.69) is 12.4 Å². The van der Waals surface area contributed by atoms with Crippen LogP contribution in [0.4, 0.5) is 5.69 Å². The Morgan fingerprint density at radius 3 is 2.30 bits per heavy atom. The molecule has 0 amide bonds. The minimum Gasteiger partial charge on any atom is -0.383 e. The molecule has 0 aliphatic rings. The molecule has 1 aromatic carbocycles. The minimum atomic E-state index is 0.595. The van der Waals surface area contributed by atoms with Crippen LogP contribution in [0.5, 0.6) is 0 Å². The van der Waals surface area contributed by atoms with E-state index in [1.165, 1.54) is 0 Å². The Bertz CT molecular complexity index is 168. The number of hydrogen-bond acceptors (Lipinski definition) is 2. The van der Waals surface area contributed by atoms with Crippen molar-refractivity contribution < 1.29 is 0 Å². The van der Waals surface area contributed by atoms with Gasteiger partial charge in [-0.1, -0.05) is 12.1 Å². The molecule has 0 unspecified atom stereocenters. The zero-order valence-electron chi connectivity index (χ0n) is 5.80. The monoisotopic (exact) mass is 135 g/mol. The van der Waals surface area contributed by atoms with Gasteiger partial charge >= 0.3 is 0 Å². The second-order valence-corrected chi connectivity index (χ2v) is 2.08. The van der Waals surface area contributed by atoms with Crippen LogP contribution in [0.3, 0.4) is 0 Å². The lowest BCUT2D eigenvalue weighted by atomic mass is 10.2. The highest BCUT2D eigenvalue weighted by Gasteiger charge is 1.87. The smallest absolute Gasteiger partial charge is 0.0340 e. The van der Waals surface area contributed by atoms with Crippen molar-refractivity contribution in [2.75, 3.05) is 5.32 Å². The zero-order chi connectivity index (χ0) is 7.40. The fourth-order valence-electron chi connectivity index (χ4n) is 0.759. The highest BCUT2D eigenvalue weighted by atomic mass is 14.8. The van der Waals surface area contributed by atoms with Crippen LogP contribution in [0.25, 0.3) is 0 Å². The molecule has 2 heteroatoms. The van der Waals surface area contributed by atoms with Gasteiger partial charge in [0.1, 0.15) is 0 Å². The Hall–Kier alpha value is -1.02. The second-order valence-electron chi connectivity index (χ2n) is 2.08. The summed E-state index contributed by atoms with van der Waals surface area (Å²) < 4.78 is 0. The topological polar surface area (TPSA) is 38.0 Å². The lowest BCUT2D eigenvalue weighted by Gasteiger charge is -1.99. The van der Waals surface area contributed by atoms with Crippen LogP contribution in [0.2, 0.25) is 0 Å². The third kappa shape index (κ3) is 1.48. The Kier molecular flexibility index (Phi) is 2.29. The van der Waals surface area contributed by atoms with Gasteiger partial charge in [-0.05, 0) is 17.7 Å². The highest BCUT2D eigenvalue weighted by molar-refractivity contribution is 5.44. The van der Waals surface area contributed by atoms with Gasteiger partial charge in [0.25, 0.3) is 0 Å². The SMILES string of the molecule is [CH2]Nc1ccc(CN)cc1. The molecule has 0 aliphatic heterocycles. The summed E-state index contributed by atoms with van der Waals surface area (Å²) in [6.45, 7) is 0.595. The maximum absolute atomic E-state index is 5.41. The third-order valence-electron chi connectivity index (χ3n) is 1.39. The number of rotatable bonds is 2. The van der Waals surface area contributed by atoms with Crippen molar-refractivity contribution in [3.05, 3.63) is 36.9 Å². The third-order valence-corrected chi connectivity index (χ3v) is 1.39. The van der Waals surface area contributed by atoms with Crippen molar-refractivity contribution in [1.82, 2.24) is 0 Å². The summed E-state index contributed by atoms with van der Waals surface area (Å²) in [5.41, 5.74) is 7.55. The van der Waals surface area contributed by atoms with E-state index in [0.717, 1.165) is 11.3 Å². The summed E-state index contributed by atoms with van der Waals surface area (Å²) in [4.78, 5) is 0. The molecule has 10 heavy (non-hydrogen) atoms. The molecule has 0 bridgehead atoms. The van der Waals surface area contributed by atoms with Gasteiger partial charge in [-0.3, -0.25) is 0 Å². The van der Waals surface area contributed by atoms with Crippen molar-refractivity contribution in [3.63, 3.8) is 0 Å². The molecule has 0 atom stereocenters. The summed E-state index contributed by atoms with van der Waals surface area (Å²) in [6, 6.07) is 7.87. The molecule has 1 radical (unpaired) electrons. The molecule has 0 spiro atoms. The number of hydrogen-bond donors (Lipinski definition) is 2. The van der Waals surface area contributed by atoms with Crippen molar-refractivity contribution in [2.24, 2.45) is 5.73 Å². The minimum absolute atomic E-state index is 0.595. The first-order valence-electron chi connectivity index (χ1n) is 3.19. The first-order valence-corrected chi connectivity index (χ1v) is 3.19. The van der Waals surface area contributed by atoms with E-state index in [4.69, 9.17) is 5.73 Å². The summed E-state index contributed by atoms with van der Waals surface area (Å²) in [5, 5.41) is 2.79. The number of nitrogens with two attached hydrogens (primary N) is 1.